The fourth-order valence-corrected chi connectivity index (χ4v) is 3.30. The maximum absolute atomic E-state index is 12.5. The molecule has 0 rings (SSSR count). The van der Waals surface area contributed by atoms with E-state index in [9.17, 15) is 13.2 Å². The molecule has 0 aliphatic heterocycles. The molecule has 5 nitrogen and oxygen atoms in total. The monoisotopic (exact) mass is 300 g/mol. The van der Waals surface area contributed by atoms with E-state index in [-0.39, 0.29) is 10.8 Å². The smallest absolute Gasteiger partial charge is 0.243 e. The molecule has 1 N–H and O–H groups in total. The average Bonchev–Trinajstić information content (AvgIpc) is 2.38. The largest absolute Gasteiger partial charge is 0.359 e. The van der Waals surface area contributed by atoms with Gasteiger partial charge in [-0.3, -0.25) is 4.79 Å². The van der Waals surface area contributed by atoms with E-state index in [1.54, 1.807) is 0 Å². The van der Waals surface area contributed by atoms with Crippen molar-refractivity contribution in [2.75, 3.05) is 19.6 Å². The molecule has 0 aliphatic carbocycles. The van der Waals surface area contributed by atoms with Crippen LogP contribution < -0.4 is 5.32 Å². The number of rotatable bonds is 11. The molecule has 0 spiro atoms. The predicted octanol–water partition coefficient (Wildman–Crippen LogP) is 1.67. The van der Waals surface area contributed by atoms with Crippen LogP contribution in [0.25, 0.3) is 0 Å². The Labute approximate surface area is 122 Å². The lowest BCUT2D eigenvalue weighted by atomic mass is 10.2. The van der Waals surface area contributed by atoms with Crippen molar-refractivity contribution in [1.29, 1.82) is 0 Å². The second-order valence-corrected chi connectivity index (χ2v) is 6.63. The summed E-state index contributed by atoms with van der Waals surface area (Å²) in [4.78, 5) is 10.3. The lowest BCUT2D eigenvalue weighted by Gasteiger charge is -2.24. The molecule has 0 aliphatic rings. The third-order valence-corrected chi connectivity index (χ3v) is 4.41. The van der Waals surface area contributed by atoms with E-state index >= 15 is 0 Å². The first-order valence-corrected chi connectivity index (χ1v) is 7.96. The maximum atomic E-state index is 12.5. The molecule has 0 aromatic carbocycles. The summed E-state index contributed by atoms with van der Waals surface area (Å²) < 4.78 is 26.4. The van der Waals surface area contributed by atoms with Crippen LogP contribution in [0, 0.1) is 5.92 Å². The van der Waals surface area contributed by atoms with Gasteiger partial charge in [-0.25, -0.2) is 8.42 Å². The van der Waals surface area contributed by atoms with Gasteiger partial charge < -0.3 is 5.32 Å². The lowest BCUT2D eigenvalue weighted by Crippen LogP contribution is -2.36. The number of nitrogens with zero attached hydrogens (tertiary/aromatic N) is 1. The fourth-order valence-electron chi connectivity index (χ4n) is 1.66. The highest BCUT2D eigenvalue weighted by molar-refractivity contribution is 7.93. The first kappa shape index (κ1) is 18.6. The summed E-state index contributed by atoms with van der Waals surface area (Å²) >= 11 is 0. The quantitative estimate of drug-likeness (QED) is 0.358. The van der Waals surface area contributed by atoms with Gasteiger partial charge in [0, 0.05) is 19.6 Å². The van der Waals surface area contributed by atoms with Crippen molar-refractivity contribution in [1.82, 2.24) is 9.62 Å². The highest BCUT2D eigenvalue weighted by atomic mass is 32.2. The molecule has 0 heterocycles. The van der Waals surface area contributed by atoms with Crippen LogP contribution in [0.15, 0.2) is 36.3 Å². The Bertz CT molecular complexity index is 453. The van der Waals surface area contributed by atoms with Crippen molar-refractivity contribution in [3.8, 4) is 0 Å². The summed E-state index contributed by atoms with van der Waals surface area (Å²) in [6.45, 7) is 12.2. The van der Waals surface area contributed by atoms with Crippen molar-refractivity contribution in [2.45, 2.75) is 20.3 Å². The minimum atomic E-state index is -3.57. The van der Waals surface area contributed by atoms with Gasteiger partial charge in [0.2, 0.25) is 16.4 Å². The van der Waals surface area contributed by atoms with Crippen molar-refractivity contribution in [3.63, 3.8) is 0 Å². The summed E-state index contributed by atoms with van der Waals surface area (Å²) in [6, 6.07) is 0. The van der Waals surface area contributed by atoms with Crippen LogP contribution in [-0.2, 0) is 14.8 Å². The van der Waals surface area contributed by atoms with Crippen LogP contribution in [0.4, 0.5) is 0 Å². The van der Waals surface area contributed by atoms with E-state index in [1.165, 1.54) is 22.5 Å². The summed E-state index contributed by atoms with van der Waals surface area (Å²) in [6.07, 6.45) is 5.33. The molecule has 0 saturated carbocycles. The SMILES string of the molecule is C=C/C=C(\C=C)S(=O)(=O)N(CCCNC=O)CC(C)C. The molecule has 1 amide bonds. The number of nitrogens with one attached hydrogen (secondary N) is 1. The molecule has 114 valence electrons. The van der Waals surface area contributed by atoms with Gasteiger partial charge in [-0.1, -0.05) is 33.1 Å². The Morgan fingerprint density at radius 2 is 2.00 bits per heavy atom. The zero-order valence-electron chi connectivity index (χ0n) is 12.2. The standard InChI is InChI=1S/C14H24N2O3S/c1-5-8-14(6-2)20(18,19)16(11-13(3)4)10-7-9-15-12-17/h5-6,8,12-13H,1-2,7,9-11H2,3-4H3,(H,15,17)/b14-8+. The maximum Gasteiger partial charge on any atom is 0.243 e. The van der Waals surface area contributed by atoms with Gasteiger partial charge in [0.25, 0.3) is 0 Å². The number of hydrogen-bond donors (Lipinski definition) is 1. The molecule has 0 aromatic rings. The van der Waals surface area contributed by atoms with Crippen LogP contribution in [-0.4, -0.2) is 38.8 Å². The molecule has 0 unspecified atom stereocenters. The second-order valence-electron chi connectivity index (χ2n) is 4.69. The first-order valence-electron chi connectivity index (χ1n) is 6.52. The summed E-state index contributed by atoms with van der Waals surface area (Å²) in [5, 5.41) is 2.52. The molecule has 0 aromatic heterocycles. The van der Waals surface area contributed by atoms with Crippen LogP contribution in [0.2, 0.25) is 0 Å². The van der Waals surface area contributed by atoms with E-state index in [2.05, 4.69) is 18.5 Å². The highest BCUT2D eigenvalue weighted by Gasteiger charge is 2.24. The van der Waals surface area contributed by atoms with Gasteiger partial charge in [-0.15, -0.1) is 0 Å². The first-order chi connectivity index (χ1) is 9.39. The molecule has 0 fully saturated rings. The van der Waals surface area contributed by atoms with Crippen molar-refractivity contribution in [2.24, 2.45) is 5.92 Å². The Balaban J connectivity index is 5.08. The molecular formula is C14H24N2O3S. The average molecular weight is 300 g/mol. The topological polar surface area (TPSA) is 66.5 Å². The van der Waals surface area contributed by atoms with Gasteiger partial charge in [0.15, 0.2) is 0 Å². The molecule has 0 bridgehead atoms. The molecule has 0 atom stereocenters. The van der Waals surface area contributed by atoms with Gasteiger partial charge in [-0.05, 0) is 24.5 Å². The number of sulfonamides is 1. The zero-order valence-corrected chi connectivity index (χ0v) is 13.0. The van der Waals surface area contributed by atoms with E-state index < -0.39 is 10.0 Å². The number of amides is 1. The predicted molar refractivity (Wildman–Crippen MR) is 82.5 cm³/mol. The number of carbonyl (C=O) groups excluding carboxylic acids is 1. The third kappa shape index (κ3) is 6.16. The molecule has 6 heteroatoms. The molecule has 0 radical (unpaired) electrons. The number of hydrogen-bond acceptors (Lipinski definition) is 3. The van der Waals surface area contributed by atoms with E-state index in [1.807, 2.05) is 13.8 Å². The number of carbonyl (C=O) groups is 1. The Kier molecular flexibility index (Phi) is 8.83. The summed E-state index contributed by atoms with van der Waals surface area (Å²) in [7, 11) is -3.57. The van der Waals surface area contributed by atoms with E-state index in [4.69, 9.17) is 0 Å². The molecule has 20 heavy (non-hydrogen) atoms. The van der Waals surface area contributed by atoms with Gasteiger partial charge in [0.1, 0.15) is 0 Å². The Hall–Kier alpha value is -1.40. The van der Waals surface area contributed by atoms with E-state index in [0.717, 1.165) is 0 Å². The van der Waals surface area contributed by atoms with Crippen molar-refractivity contribution in [3.05, 3.63) is 36.3 Å². The van der Waals surface area contributed by atoms with Gasteiger partial charge in [0.05, 0.1) is 4.91 Å². The van der Waals surface area contributed by atoms with Crippen LogP contribution >= 0.6 is 0 Å². The zero-order chi connectivity index (χ0) is 15.6. The van der Waals surface area contributed by atoms with E-state index in [0.29, 0.717) is 32.5 Å². The normalized spacial score (nSPS) is 12.5. The Morgan fingerprint density at radius 1 is 1.35 bits per heavy atom. The van der Waals surface area contributed by atoms with Crippen LogP contribution in [0.1, 0.15) is 20.3 Å². The van der Waals surface area contributed by atoms with Crippen molar-refractivity contribution >= 4 is 16.4 Å². The fraction of sp³-hybridized carbons (Fsp3) is 0.500. The highest BCUT2D eigenvalue weighted by Crippen LogP contribution is 2.16. The van der Waals surface area contributed by atoms with Gasteiger partial charge in [-0.2, -0.15) is 4.31 Å². The minimum Gasteiger partial charge on any atom is -0.359 e. The van der Waals surface area contributed by atoms with Gasteiger partial charge >= 0.3 is 0 Å². The summed E-state index contributed by atoms with van der Waals surface area (Å²) in [5.41, 5.74) is 0. The second kappa shape index (κ2) is 9.50. The minimum absolute atomic E-state index is 0.136. The number of allylic oxidation sites excluding steroid dienone is 3. The van der Waals surface area contributed by atoms with Crippen molar-refractivity contribution < 1.29 is 13.2 Å². The summed E-state index contributed by atoms with van der Waals surface area (Å²) in [5.74, 6) is 0.207. The van der Waals surface area contributed by atoms with Crippen LogP contribution in [0.5, 0.6) is 0 Å². The third-order valence-electron chi connectivity index (χ3n) is 2.50. The molecule has 0 saturated heterocycles. The lowest BCUT2D eigenvalue weighted by molar-refractivity contribution is -0.109. The van der Waals surface area contributed by atoms with Crippen LogP contribution in [0.3, 0.4) is 0 Å². The molecular weight excluding hydrogens is 276 g/mol. The Morgan fingerprint density at radius 3 is 2.45 bits per heavy atom.